The molecule has 26 heavy (non-hydrogen) atoms. The van der Waals surface area contributed by atoms with Gasteiger partial charge in [0.05, 0.1) is 0 Å². The molecule has 2 heterocycles. The third-order valence-corrected chi connectivity index (χ3v) is 5.91. The summed E-state index contributed by atoms with van der Waals surface area (Å²) in [6.07, 6.45) is 2.46. The largest absolute Gasteiger partial charge is 0.319 e. The van der Waals surface area contributed by atoms with Crippen LogP contribution in [0, 0.1) is 11.7 Å². The van der Waals surface area contributed by atoms with Crippen molar-refractivity contribution in [2.75, 3.05) is 13.6 Å². The number of hydrogen-bond donors (Lipinski definition) is 1. The highest BCUT2D eigenvalue weighted by molar-refractivity contribution is 7.89. The highest BCUT2D eigenvalue weighted by Gasteiger charge is 2.53. The van der Waals surface area contributed by atoms with Crippen LogP contribution in [-0.4, -0.2) is 43.0 Å². The molecule has 9 heteroatoms. The zero-order valence-electron chi connectivity index (χ0n) is 13.8. The van der Waals surface area contributed by atoms with E-state index in [9.17, 15) is 22.4 Å². The third-order valence-electron chi connectivity index (χ3n) is 4.16. The summed E-state index contributed by atoms with van der Waals surface area (Å²) in [7, 11) is -2.84. The normalized spacial score (nSPS) is 20.6. The van der Waals surface area contributed by atoms with Crippen LogP contribution in [0.4, 0.5) is 4.39 Å². The van der Waals surface area contributed by atoms with E-state index in [-0.39, 0.29) is 17.0 Å². The molecule has 1 aromatic carbocycles. The maximum atomic E-state index is 14.3. The van der Waals surface area contributed by atoms with Crippen molar-refractivity contribution in [3.8, 4) is 0 Å². The van der Waals surface area contributed by atoms with Crippen LogP contribution in [0.15, 0.2) is 53.7 Å². The van der Waals surface area contributed by atoms with Crippen molar-refractivity contribution in [2.45, 2.75) is 10.9 Å². The highest BCUT2D eigenvalue weighted by atomic mass is 32.2. The Bertz CT molecular complexity index is 949. The standard InChI is InChI=1S/C17H16FN3O4S/c1-19-10-13-16(22)15(12-6-2-3-7-14(12)18)21(17(13)23)26(24,25)11-5-4-8-20-9-11/h2-9,13,15,19H,10H2,1H3. The molecule has 0 aliphatic carbocycles. The van der Waals surface area contributed by atoms with Crippen molar-refractivity contribution in [3.05, 3.63) is 60.2 Å². The lowest BCUT2D eigenvalue weighted by atomic mass is 9.98. The van der Waals surface area contributed by atoms with E-state index >= 15 is 0 Å². The number of rotatable bonds is 5. The molecule has 1 fully saturated rings. The average Bonchev–Trinajstić information content (AvgIpc) is 2.88. The van der Waals surface area contributed by atoms with E-state index in [0.717, 1.165) is 12.3 Å². The SMILES string of the molecule is CNCC1C(=O)C(c2ccccc2F)N(S(=O)(=O)c2cccnc2)C1=O. The van der Waals surface area contributed by atoms with Crippen molar-refractivity contribution in [1.29, 1.82) is 0 Å². The smallest absolute Gasteiger partial charge is 0.269 e. The summed E-state index contributed by atoms with van der Waals surface area (Å²) in [5.74, 6) is -3.52. The van der Waals surface area contributed by atoms with Gasteiger partial charge in [0.25, 0.3) is 10.0 Å². The number of Topliss-reactive ketones (excluding diaryl/α,β-unsaturated/α-hetero) is 1. The molecule has 1 aromatic heterocycles. The molecule has 7 nitrogen and oxygen atoms in total. The predicted octanol–water partition coefficient (Wildman–Crippen LogP) is 0.898. The summed E-state index contributed by atoms with van der Waals surface area (Å²) >= 11 is 0. The predicted molar refractivity (Wildman–Crippen MR) is 89.8 cm³/mol. The summed E-state index contributed by atoms with van der Waals surface area (Å²) in [6.45, 7) is -0.0400. The number of halogens is 1. The van der Waals surface area contributed by atoms with E-state index in [1.807, 2.05) is 0 Å². The van der Waals surface area contributed by atoms with Crippen LogP contribution in [0.5, 0.6) is 0 Å². The molecule has 0 radical (unpaired) electrons. The average molecular weight is 377 g/mol. The lowest BCUT2D eigenvalue weighted by Gasteiger charge is -2.23. The monoisotopic (exact) mass is 377 g/mol. The Morgan fingerprint density at radius 1 is 1.19 bits per heavy atom. The fourth-order valence-electron chi connectivity index (χ4n) is 2.95. The van der Waals surface area contributed by atoms with Crippen molar-refractivity contribution in [3.63, 3.8) is 0 Å². The van der Waals surface area contributed by atoms with Gasteiger partial charge in [0.1, 0.15) is 22.7 Å². The molecule has 1 saturated heterocycles. The molecule has 1 N–H and O–H groups in total. The zero-order valence-corrected chi connectivity index (χ0v) is 14.6. The number of ketones is 1. The van der Waals surface area contributed by atoms with Gasteiger partial charge in [0.15, 0.2) is 5.78 Å². The van der Waals surface area contributed by atoms with Crippen molar-refractivity contribution in [1.82, 2.24) is 14.6 Å². The number of sulfonamides is 1. The van der Waals surface area contributed by atoms with Crippen LogP contribution in [0.1, 0.15) is 11.6 Å². The van der Waals surface area contributed by atoms with Crippen LogP contribution in [0.3, 0.4) is 0 Å². The number of carbonyl (C=O) groups is 2. The van der Waals surface area contributed by atoms with E-state index < -0.39 is 39.5 Å². The Labute approximate surface area is 149 Å². The molecule has 136 valence electrons. The second-order valence-corrected chi connectivity index (χ2v) is 7.58. The third kappa shape index (κ3) is 2.89. The van der Waals surface area contributed by atoms with Crippen LogP contribution >= 0.6 is 0 Å². The Morgan fingerprint density at radius 2 is 1.92 bits per heavy atom. The van der Waals surface area contributed by atoms with E-state index in [4.69, 9.17) is 0 Å². The van der Waals surface area contributed by atoms with Crippen LogP contribution in [0.2, 0.25) is 0 Å². The number of benzene rings is 1. The number of nitrogens with zero attached hydrogens (tertiary/aromatic N) is 2. The maximum Gasteiger partial charge on any atom is 0.269 e. The molecule has 3 rings (SSSR count). The minimum atomic E-state index is -4.38. The molecular weight excluding hydrogens is 361 g/mol. The first-order valence-corrected chi connectivity index (χ1v) is 9.24. The number of aromatic nitrogens is 1. The van der Waals surface area contributed by atoms with Gasteiger partial charge >= 0.3 is 0 Å². The van der Waals surface area contributed by atoms with Gasteiger partial charge in [-0.15, -0.1) is 0 Å². The Morgan fingerprint density at radius 3 is 2.54 bits per heavy atom. The van der Waals surface area contributed by atoms with Crippen molar-refractivity contribution >= 4 is 21.7 Å². The first-order valence-electron chi connectivity index (χ1n) is 7.80. The van der Waals surface area contributed by atoms with Gasteiger partial charge in [-0.25, -0.2) is 17.1 Å². The van der Waals surface area contributed by atoms with Gasteiger partial charge in [-0.3, -0.25) is 14.6 Å². The fourth-order valence-corrected chi connectivity index (χ4v) is 4.48. The summed E-state index contributed by atoms with van der Waals surface area (Å²) in [5, 5.41) is 2.70. The number of carbonyl (C=O) groups excluding carboxylic acids is 2. The van der Waals surface area contributed by atoms with E-state index in [1.54, 1.807) is 0 Å². The van der Waals surface area contributed by atoms with Crippen molar-refractivity contribution in [2.24, 2.45) is 5.92 Å². The van der Waals surface area contributed by atoms with Crippen LogP contribution in [-0.2, 0) is 19.6 Å². The van der Waals surface area contributed by atoms with Crippen LogP contribution < -0.4 is 5.32 Å². The minimum Gasteiger partial charge on any atom is -0.319 e. The summed E-state index contributed by atoms with van der Waals surface area (Å²) < 4.78 is 40.8. The molecule has 0 bridgehead atoms. The van der Waals surface area contributed by atoms with Crippen LogP contribution in [0.25, 0.3) is 0 Å². The minimum absolute atomic E-state index is 0.0400. The first-order chi connectivity index (χ1) is 12.4. The summed E-state index contributed by atoms with van der Waals surface area (Å²) in [6, 6.07) is 6.45. The molecule has 1 amide bonds. The van der Waals surface area contributed by atoms with Gasteiger partial charge in [-0.2, -0.15) is 0 Å². The Hall–Kier alpha value is -2.65. The molecule has 2 unspecified atom stereocenters. The van der Waals surface area contributed by atoms with E-state index in [0.29, 0.717) is 4.31 Å². The van der Waals surface area contributed by atoms with E-state index in [2.05, 4.69) is 10.3 Å². The summed E-state index contributed by atoms with van der Waals surface area (Å²) in [5.41, 5.74) is -0.156. The molecular formula is C17H16FN3O4S. The molecule has 2 atom stereocenters. The molecule has 1 aliphatic rings. The lowest BCUT2D eigenvalue weighted by molar-refractivity contribution is -0.129. The fraction of sp³-hybridized carbons (Fsp3) is 0.235. The summed E-state index contributed by atoms with van der Waals surface area (Å²) in [4.78, 5) is 29.1. The second kappa shape index (κ2) is 6.93. The van der Waals surface area contributed by atoms with Gasteiger partial charge in [0.2, 0.25) is 5.91 Å². The first kappa shape index (κ1) is 18.2. The number of nitrogens with one attached hydrogen (secondary N) is 1. The van der Waals surface area contributed by atoms with Gasteiger partial charge in [-0.05, 0) is 25.2 Å². The Kier molecular flexibility index (Phi) is 4.84. The molecule has 2 aromatic rings. The highest BCUT2D eigenvalue weighted by Crippen LogP contribution is 2.38. The molecule has 1 aliphatic heterocycles. The maximum absolute atomic E-state index is 14.3. The van der Waals surface area contributed by atoms with Crippen molar-refractivity contribution < 1.29 is 22.4 Å². The number of amides is 1. The van der Waals surface area contributed by atoms with Gasteiger partial charge < -0.3 is 5.32 Å². The lowest BCUT2D eigenvalue weighted by Crippen LogP contribution is -2.37. The van der Waals surface area contributed by atoms with Gasteiger partial charge in [-0.1, -0.05) is 18.2 Å². The van der Waals surface area contributed by atoms with Gasteiger partial charge in [0, 0.05) is 24.5 Å². The topological polar surface area (TPSA) is 96.4 Å². The second-order valence-electron chi connectivity index (χ2n) is 5.76. The number of hydrogen-bond acceptors (Lipinski definition) is 6. The molecule has 0 spiro atoms. The quantitative estimate of drug-likeness (QED) is 0.778. The molecule has 0 saturated carbocycles. The Balaban J connectivity index is 2.18. The number of pyridine rings is 1. The zero-order chi connectivity index (χ0) is 18.9. The van der Waals surface area contributed by atoms with E-state index in [1.165, 1.54) is 43.6 Å².